The molecule has 1 aromatic carbocycles. The SMILES string of the molecule is Nc1cc(C=CCNC(=O)OCc2ccccc2)ccn1. The lowest BCUT2D eigenvalue weighted by atomic mass is 10.2. The van der Waals surface area contributed by atoms with Gasteiger partial charge in [0.25, 0.3) is 0 Å². The Morgan fingerprint density at radius 3 is 2.86 bits per heavy atom. The largest absolute Gasteiger partial charge is 0.445 e. The number of rotatable bonds is 5. The molecule has 0 atom stereocenters. The van der Waals surface area contributed by atoms with E-state index < -0.39 is 6.09 Å². The van der Waals surface area contributed by atoms with Gasteiger partial charge in [0.2, 0.25) is 0 Å². The van der Waals surface area contributed by atoms with Crippen molar-refractivity contribution < 1.29 is 9.53 Å². The molecule has 0 aliphatic heterocycles. The Morgan fingerprint density at radius 1 is 1.29 bits per heavy atom. The zero-order valence-corrected chi connectivity index (χ0v) is 11.5. The van der Waals surface area contributed by atoms with Crippen molar-refractivity contribution in [1.29, 1.82) is 0 Å². The maximum absolute atomic E-state index is 11.5. The van der Waals surface area contributed by atoms with Gasteiger partial charge in [-0.25, -0.2) is 9.78 Å². The number of hydrogen-bond acceptors (Lipinski definition) is 4. The number of amides is 1. The monoisotopic (exact) mass is 283 g/mol. The number of nitrogens with zero attached hydrogens (tertiary/aromatic N) is 1. The van der Waals surface area contributed by atoms with Gasteiger partial charge in [0.1, 0.15) is 12.4 Å². The molecule has 108 valence electrons. The summed E-state index contributed by atoms with van der Waals surface area (Å²) in [5.41, 5.74) is 7.46. The number of ether oxygens (including phenoxy) is 1. The Balaban J connectivity index is 1.69. The average molecular weight is 283 g/mol. The second-order valence-electron chi connectivity index (χ2n) is 4.36. The fourth-order valence-corrected chi connectivity index (χ4v) is 1.68. The molecule has 2 rings (SSSR count). The van der Waals surface area contributed by atoms with Crippen molar-refractivity contribution >= 4 is 18.0 Å². The number of carbonyl (C=O) groups is 1. The Kier molecular flexibility index (Phi) is 5.34. The smallest absolute Gasteiger partial charge is 0.407 e. The predicted molar refractivity (Wildman–Crippen MR) is 82.3 cm³/mol. The summed E-state index contributed by atoms with van der Waals surface area (Å²) < 4.78 is 5.09. The van der Waals surface area contributed by atoms with E-state index in [0.29, 0.717) is 12.4 Å². The highest BCUT2D eigenvalue weighted by molar-refractivity contribution is 5.67. The highest BCUT2D eigenvalue weighted by atomic mass is 16.5. The molecule has 0 fully saturated rings. The molecule has 1 heterocycles. The number of nitrogens with two attached hydrogens (primary N) is 1. The molecule has 3 N–H and O–H groups in total. The lowest BCUT2D eigenvalue weighted by molar-refractivity contribution is 0.141. The van der Waals surface area contributed by atoms with E-state index in [4.69, 9.17) is 10.5 Å². The van der Waals surface area contributed by atoms with Crippen molar-refractivity contribution in [3.63, 3.8) is 0 Å². The minimum absolute atomic E-state index is 0.261. The van der Waals surface area contributed by atoms with E-state index in [-0.39, 0.29) is 6.61 Å². The van der Waals surface area contributed by atoms with Crippen molar-refractivity contribution in [2.45, 2.75) is 6.61 Å². The molecule has 0 spiro atoms. The third kappa shape index (κ3) is 5.36. The molecule has 2 aromatic rings. The van der Waals surface area contributed by atoms with E-state index in [1.54, 1.807) is 12.3 Å². The van der Waals surface area contributed by atoms with Crippen molar-refractivity contribution in [3.05, 3.63) is 65.9 Å². The number of anilines is 1. The quantitative estimate of drug-likeness (QED) is 0.884. The molecular weight excluding hydrogens is 266 g/mol. The Labute approximate surface area is 123 Å². The van der Waals surface area contributed by atoms with E-state index in [2.05, 4.69) is 10.3 Å². The van der Waals surface area contributed by atoms with Gasteiger partial charge in [0.15, 0.2) is 0 Å². The van der Waals surface area contributed by atoms with Crippen LogP contribution in [0.15, 0.2) is 54.7 Å². The van der Waals surface area contributed by atoms with Crippen LogP contribution >= 0.6 is 0 Å². The third-order valence-electron chi connectivity index (χ3n) is 2.69. The normalized spacial score (nSPS) is 10.5. The first-order chi connectivity index (χ1) is 10.2. The van der Waals surface area contributed by atoms with Crippen molar-refractivity contribution in [2.75, 3.05) is 12.3 Å². The standard InChI is InChI=1S/C16H17N3O2/c17-15-11-13(8-10-18-15)7-4-9-19-16(20)21-12-14-5-2-1-3-6-14/h1-8,10-11H,9,12H2,(H2,17,18)(H,19,20). The summed E-state index contributed by atoms with van der Waals surface area (Å²) in [6, 6.07) is 13.1. The van der Waals surface area contributed by atoms with Crippen molar-refractivity contribution in [3.8, 4) is 0 Å². The molecule has 0 saturated carbocycles. The molecule has 21 heavy (non-hydrogen) atoms. The number of nitrogen functional groups attached to an aromatic ring is 1. The van der Waals surface area contributed by atoms with Crippen LogP contribution in [0.3, 0.4) is 0 Å². The summed E-state index contributed by atoms with van der Waals surface area (Å²) in [4.78, 5) is 15.4. The predicted octanol–water partition coefficient (Wildman–Crippen LogP) is 2.60. The highest BCUT2D eigenvalue weighted by Gasteiger charge is 2.00. The number of carbonyl (C=O) groups excluding carboxylic acids is 1. The molecule has 0 bridgehead atoms. The van der Waals surface area contributed by atoms with Gasteiger partial charge in [-0.15, -0.1) is 0 Å². The number of pyridine rings is 1. The topological polar surface area (TPSA) is 77.2 Å². The van der Waals surface area contributed by atoms with E-state index in [1.807, 2.05) is 48.6 Å². The molecule has 0 aliphatic rings. The highest BCUT2D eigenvalue weighted by Crippen LogP contribution is 2.04. The first-order valence-corrected chi connectivity index (χ1v) is 6.56. The maximum Gasteiger partial charge on any atom is 0.407 e. The van der Waals surface area contributed by atoms with Crippen molar-refractivity contribution in [2.24, 2.45) is 0 Å². The van der Waals surface area contributed by atoms with Crippen LogP contribution in [0.5, 0.6) is 0 Å². The molecule has 0 aliphatic carbocycles. The zero-order chi connectivity index (χ0) is 14.9. The zero-order valence-electron chi connectivity index (χ0n) is 11.5. The summed E-state index contributed by atoms with van der Waals surface area (Å²) in [5, 5.41) is 2.64. The number of alkyl carbamates (subject to hydrolysis) is 1. The average Bonchev–Trinajstić information content (AvgIpc) is 2.51. The molecule has 0 saturated heterocycles. The molecular formula is C16H17N3O2. The van der Waals surface area contributed by atoms with Crippen molar-refractivity contribution in [1.82, 2.24) is 10.3 Å². The van der Waals surface area contributed by atoms with Gasteiger partial charge in [-0.05, 0) is 23.3 Å². The van der Waals surface area contributed by atoms with Crippen LogP contribution < -0.4 is 11.1 Å². The second kappa shape index (κ2) is 7.69. The van der Waals surface area contributed by atoms with E-state index >= 15 is 0 Å². The van der Waals surface area contributed by atoms with Crippen LogP contribution in [-0.4, -0.2) is 17.6 Å². The number of nitrogens with one attached hydrogen (secondary N) is 1. The first kappa shape index (κ1) is 14.6. The fourth-order valence-electron chi connectivity index (χ4n) is 1.68. The van der Waals surface area contributed by atoms with Crippen LogP contribution in [-0.2, 0) is 11.3 Å². The third-order valence-corrected chi connectivity index (χ3v) is 2.69. The van der Waals surface area contributed by atoms with Gasteiger partial charge in [0, 0.05) is 12.7 Å². The lowest BCUT2D eigenvalue weighted by Crippen LogP contribution is -2.24. The fraction of sp³-hybridized carbons (Fsp3) is 0.125. The summed E-state index contributed by atoms with van der Waals surface area (Å²) in [6.45, 7) is 0.646. The molecule has 5 heteroatoms. The minimum Gasteiger partial charge on any atom is -0.445 e. The van der Waals surface area contributed by atoms with E-state index in [9.17, 15) is 4.79 Å². The van der Waals surface area contributed by atoms with Gasteiger partial charge in [-0.1, -0.05) is 42.5 Å². The molecule has 5 nitrogen and oxygen atoms in total. The minimum atomic E-state index is -0.447. The number of aromatic nitrogens is 1. The molecule has 0 unspecified atom stereocenters. The Bertz CT molecular complexity index is 612. The first-order valence-electron chi connectivity index (χ1n) is 6.56. The number of benzene rings is 1. The van der Waals surface area contributed by atoms with Crippen LogP contribution in [0.4, 0.5) is 10.6 Å². The summed E-state index contributed by atoms with van der Waals surface area (Å²) in [7, 11) is 0. The molecule has 1 aromatic heterocycles. The van der Waals surface area contributed by atoms with Gasteiger partial charge >= 0.3 is 6.09 Å². The lowest BCUT2D eigenvalue weighted by Gasteiger charge is -2.05. The van der Waals surface area contributed by atoms with Crippen LogP contribution in [0.25, 0.3) is 6.08 Å². The van der Waals surface area contributed by atoms with Gasteiger partial charge in [-0.2, -0.15) is 0 Å². The van der Waals surface area contributed by atoms with Crippen LogP contribution in [0.1, 0.15) is 11.1 Å². The number of hydrogen-bond donors (Lipinski definition) is 2. The van der Waals surface area contributed by atoms with Gasteiger partial charge in [0.05, 0.1) is 0 Å². The van der Waals surface area contributed by atoms with E-state index in [1.165, 1.54) is 0 Å². The molecule has 1 amide bonds. The van der Waals surface area contributed by atoms with Gasteiger partial charge < -0.3 is 15.8 Å². The van der Waals surface area contributed by atoms with Gasteiger partial charge in [-0.3, -0.25) is 0 Å². The van der Waals surface area contributed by atoms with E-state index in [0.717, 1.165) is 11.1 Å². The maximum atomic E-state index is 11.5. The molecule has 0 radical (unpaired) electrons. The summed E-state index contributed by atoms with van der Waals surface area (Å²) in [5.74, 6) is 0.465. The summed E-state index contributed by atoms with van der Waals surface area (Å²) in [6.07, 6.45) is 4.86. The second-order valence-corrected chi connectivity index (χ2v) is 4.36. The summed E-state index contributed by atoms with van der Waals surface area (Å²) >= 11 is 0. The Morgan fingerprint density at radius 2 is 2.10 bits per heavy atom. The Hall–Kier alpha value is -2.82. The van der Waals surface area contributed by atoms with Crippen LogP contribution in [0.2, 0.25) is 0 Å². The van der Waals surface area contributed by atoms with Crippen LogP contribution in [0, 0.1) is 0 Å².